The number of carbonyl (C=O) groups excluding carboxylic acids is 1. The molecule has 0 atom stereocenters. The van der Waals surface area contributed by atoms with Crippen molar-refractivity contribution in [3.8, 4) is 0 Å². The lowest BCUT2D eigenvalue weighted by atomic mass is 10.2. The number of carbonyl (C=O) groups is 1. The van der Waals surface area contributed by atoms with E-state index < -0.39 is 0 Å². The summed E-state index contributed by atoms with van der Waals surface area (Å²) >= 11 is 11.3. The quantitative estimate of drug-likeness (QED) is 0.386. The normalized spacial score (nSPS) is 11.5. The number of esters is 1. The lowest BCUT2D eigenvalue weighted by molar-refractivity contribution is -0.143. The lowest BCUT2D eigenvalue weighted by Gasteiger charge is -2.01. The zero-order valence-corrected chi connectivity index (χ0v) is 9.90. The second kappa shape index (κ2) is 9.35. The van der Waals surface area contributed by atoms with Crippen LogP contribution in [0.1, 0.15) is 32.6 Å². The van der Waals surface area contributed by atoms with E-state index in [0.717, 1.165) is 24.3 Å². The van der Waals surface area contributed by atoms with Crippen LogP contribution in [-0.4, -0.2) is 18.5 Å². The van der Waals surface area contributed by atoms with E-state index in [2.05, 4.69) is 0 Å². The zero-order chi connectivity index (χ0) is 10.8. The van der Waals surface area contributed by atoms with Crippen molar-refractivity contribution in [3.05, 3.63) is 11.1 Å². The van der Waals surface area contributed by atoms with Gasteiger partial charge in [0.05, 0.1) is 6.61 Å². The van der Waals surface area contributed by atoms with Gasteiger partial charge in [0.2, 0.25) is 0 Å². The molecular weight excluding hydrogens is 223 g/mol. The van der Waals surface area contributed by atoms with Crippen molar-refractivity contribution in [2.75, 3.05) is 12.5 Å². The summed E-state index contributed by atoms with van der Waals surface area (Å²) in [5.74, 6) is 0.307. The first-order chi connectivity index (χ1) is 6.70. The summed E-state index contributed by atoms with van der Waals surface area (Å²) in [4.78, 5) is 10.9. The van der Waals surface area contributed by atoms with Crippen molar-refractivity contribution in [2.24, 2.45) is 0 Å². The summed E-state index contributed by atoms with van der Waals surface area (Å²) in [5.41, 5.74) is 0. The van der Waals surface area contributed by atoms with Crippen LogP contribution in [0.5, 0.6) is 0 Å². The van der Waals surface area contributed by atoms with Crippen LogP contribution >= 0.6 is 23.2 Å². The van der Waals surface area contributed by atoms with Gasteiger partial charge in [0.15, 0.2) is 0 Å². The highest BCUT2D eigenvalue weighted by molar-refractivity contribution is 6.30. The Morgan fingerprint density at radius 3 is 2.57 bits per heavy atom. The largest absolute Gasteiger partial charge is 0.466 e. The molecule has 0 aliphatic carbocycles. The van der Waals surface area contributed by atoms with Gasteiger partial charge in [0, 0.05) is 17.3 Å². The summed E-state index contributed by atoms with van der Waals surface area (Å²) in [6.45, 7) is 2.25. The average molecular weight is 239 g/mol. The molecule has 0 aliphatic heterocycles. The summed E-state index contributed by atoms with van der Waals surface area (Å²) in [6.07, 6.45) is 4.73. The Hall–Kier alpha value is -0.210. The molecular formula is C10H16Cl2O2. The first kappa shape index (κ1) is 13.8. The minimum atomic E-state index is -0.134. The van der Waals surface area contributed by atoms with Crippen molar-refractivity contribution in [2.45, 2.75) is 32.6 Å². The highest BCUT2D eigenvalue weighted by atomic mass is 35.5. The number of alkyl halides is 1. The molecule has 0 N–H and O–H groups in total. The number of allylic oxidation sites excluding steroid dienone is 2. The first-order valence-electron chi connectivity index (χ1n) is 4.76. The Balaban J connectivity index is 3.37. The fourth-order valence-electron chi connectivity index (χ4n) is 0.982. The number of rotatable bonds is 7. The fraction of sp³-hybridized carbons (Fsp3) is 0.700. The van der Waals surface area contributed by atoms with E-state index in [9.17, 15) is 4.79 Å². The number of halogens is 2. The molecule has 0 aromatic carbocycles. The van der Waals surface area contributed by atoms with E-state index in [-0.39, 0.29) is 5.97 Å². The van der Waals surface area contributed by atoms with E-state index in [4.69, 9.17) is 27.9 Å². The molecule has 0 aromatic rings. The summed E-state index contributed by atoms with van der Waals surface area (Å²) in [6, 6.07) is 0. The van der Waals surface area contributed by atoms with Gasteiger partial charge in [-0.3, -0.25) is 4.79 Å². The summed E-state index contributed by atoms with van der Waals surface area (Å²) < 4.78 is 4.79. The highest BCUT2D eigenvalue weighted by Crippen LogP contribution is 2.13. The fourth-order valence-corrected chi connectivity index (χ4v) is 1.46. The van der Waals surface area contributed by atoms with Gasteiger partial charge >= 0.3 is 5.97 Å². The molecule has 0 fully saturated rings. The van der Waals surface area contributed by atoms with Gasteiger partial charge < -0.3 is 4.74 Å². The minimum absolute atomic E-state index is 0.134. The van der Waals surface area contributed by atoms with Gasteiger partial charge in [-0.1, -0.05) is 17.7 Å². The minimum Gasteiger partial charge on any atom is -0.466 e. The molecule has 0 bridgehead atoms. The van der Waals surface area contributed by atoms with Crippen molar-refractivity contribution in [3.63, 3.8) is 0 Å². The molecule has 0 saturated carbocycles. The zero-order valence-electron chi connectivity index (χ0n) is 8.39. The molecule has 0 spiro atoms. The molecule has 0 rings (SSSR count). The van der Waals surface area contributed by atoms with Crippen LogP contribution in [0.2, 0.25) is 0 Å². The molecule has 0 amide bonds. The highest BCUT2D eigenvalue weighted by Gasteiger charge is 2.01. The standard InChI is InChI=1S/C10H16Cl2O2/c1-2-14-10(13)6-4-3-5-9(12)7-8-11/h7H,2-6,8H2,1H3. The molecule has 0 radical (unpaired) electrons. The van der Waals surface area contributed by atoms with Gasteiger partial charge in [-0.2, -0.15) is 0 Å². The monoisotopic (exact) mass is 238 g/mol. The number of hydrogen-bond donors (Lipinski definition) is 0. The number of unbranched alkanes of at least 4 members (excludes halogenated alkanes) is 1. The maximum Gasteiger partial charge on any atom is 0.305 e. The van der Waals surface area contributed by atoms with Crippen LogP contribution in [0.25, 0.3) is 0 Å². The van der Waals surface area contributed by atoms with Crippen molar-refractivity contribution in [1.29, 1.82) is 0 Å². The van der Waals surface area contributed by atoms with Gasteiger partial charge in [-0.25, -0.2) is 0 Å². The third kappa shape index (κ3) is 8.39. The van der Waals surface area contributed by atoms with Gasteiger partial charge in [-0.15, -0.1) is 11.6 Å². The Kier molecular flexibility index (Phi) is 9.21. The van der Waals surface area contributed by atoms with Crippen molar-refractivity contribution in [1.82, 2.24) is 0 Å². The van der Waals surface area contributed by atoms with Gasteiger partial charge in [-0.05, 0) is 26.2 Å². The van der Waals surface area contributed by atoms with Crippen LogP contribution < -0.4 is 0 Å². The molecule has 0 saturated heterocycles. The van der Waals surface area contributed by atoms with Crippen LogP contribution in [0.15, 0.2) is 11.1 Å². The van der Waals surface area contributed by atoms with Gasteiger partial charge in [0.1, 0.15) is 0 Å². The van der Waals surface area contributed by atoms with E-state index >= 15 is 0 Å². The van der Waals surface area contributed by atoms with E-state index in [1.165, 1.54) is 0 Å². The molecule has 0 aliphatic rings. The second-order valence-electron chi connectivity index (χ2n) is 2.82. The summed E-state index contributed by atoms with van der Waals surface area (Å²) in [7, 11) is 0. The molecule has 0 aromatic heterocycles. The average Bonchev–Trinajstić information content (AvgIpc) is 2.13. The van der Waals surface area contributed by atoms with Crippen molar-refractivity contribution < 1.29 is 9.53 Å². The lowest BCUT2D eigenvalue weighted by Crippen LogP contribution is -2.03. The maximum absolute atomic E-state index is 10.9. The predicted molar refractivity (Wildman–Crippen MR) is 59.8 cm³/mol. The Morgan fingerprint density at radius 1 is 1.36 bits per heavy atom. The molecule has 14 heavy (non-hydrogen) atoms. The Bertz CT molecular complexity index is 191. The third-order valence-corrected chi connectivity index (χ3v) is 2.15. The van der Waals surface area contributed by atoms with Crippen LogP contribution in [0.4, 0.5) is 0 Å². The van der Waals surface area contributed by atoms with E-state index in [1.54, 1.807) is 13.0 Å². The van der Waals surface area contributed by atoms with E-state index in [1.807, 2.05) is 0 Å². The molecule has 2 nitrogen and oxygen atoms in total. The smallest absolute Gasteiger partial charge is 0.305 e. The molecule has 4 heteroatoms. The Labute approximate surface area is 95.2 Å². The first-order valence-corrected chi connectivity index (χ1v) is 5.68. The van der Waals surface area contributed by atoms with Gasteiger partial charge in [0.25, 0.3) is 0 Å². The SMILES string of the molecule is CCOC(=O)CCCCC(Cl)=CCCl. The topological polar surface area (TPSA) is 26.3 Å². The van der Waals surface area contributed by atoms with Crippen LogP contribution in [0, 0.1) is 0 Å². The molecule has 0 unspecified atom stereocenters. The van der Waals surface area contributed by atoms with Crippen LogP contribution in [0.3, 0.4) is 0 Å². The molecule has 82 valence electrons. The molecule has 0 heterocycles. The second-order valence-corrected chi connectivity index (χ2v) is 3.61. The maximum atomic E-state index is 10.9. The van der Waals surface area contributed by atoms with Crippen LogP contribution in [-0.2, 0) is 9.53 Å². The Morgan fingerprint density at radius 2 is 2.00 bits per heavy atom. The number of ether oxygens (including phenoxy) is 1. The van der Waals surface area contributed by atoms with Crippen molar-refractivity contribution >= 4 is 29.2 Å². The number of hydrogen-bond acceptors (Lipinski definition) is 2. The van der Waals surface area contributed by atoms with E-state index in [0.29, 0.717) is 18.9 Å². The summed E-state index contributed by atoms with van der Waals surface area (Å²) in [5, 5.41) is 0.767. The predicted octanol–water partition coefficient (Wildman–Crippen LogP) is 3.47. The third-order valence-electron chi connectivity index (χ3n) is 1.65.